The molecule has 176 valence electrons. The highest BCUT2D eigenvalue weighted by molar-refractivity contribution is 5.93. The van der Waals surface area contributed by atoms with Gasteiger partial charge in [-0.15, -0.1) is 0 Å². The van der Waals surface area contributed by atoms with Gasteiger partial charge in [0.25, 0.3) is 0 Å². The Morgan fingerprint density at radius 2 is 1.85 bits per heavy atom. The van der Waals surface area contributed by atoms with Gasteiger partial charge in [-0.25, -0.2) is 0 Å². The SMILES string of the molecule is CC12CC(c3ccc(CN4CCOCC4)cc3)C3=C4CCC(=O)C=C4CCC3C1CCC2O. The van der Waals surface area contributed by atoms with Crippen LogP contribution in [0.15, 0.2) is 47.1 Å². The summed E-state index contributed by atoms with van der Waals surface area (Å²) in [5, 5.41) is 11.0. The second-order valence-electron chi connectivity index (χ2n) is 11.3. The molecule has 5 unspecified atom stereocenters. The van der Waals surface area contributed by atoms with E-state index in [2.05, 4.69) is 36.1 Å². The van der Waals surface area contributed by atoms with Crippen LogP contribution in [0.1, 0.15) is 68.9 Å². The number of benzene rings is 1. The standard InChI is InChI=1S/C29H37NO3/c1-29-17-25(20-4-2-19(3-5-20)18-30-12-14-33-15-13-30)28-23-9-7-22(31)16-21(23)6-8-24(28)26(29)10-11-27(29)32/h2-5,16,24-27,32H,6-15,17-18H2,1H3. The van der Waals surface area contributed by atoms with Crippen molar-refractivity contribution in [2.24, 2.45) is 17.3 Å². The van der Waals surface area contributed by atoms with Gasteiger partial charge in [0.1, 0.15) is 0 Å². The van der Waals surface area contributed by atoms with E-state index in [-0.39, 0.29) is 11.5 Å². The van der Waals surface area contributed by atoms with Gasteiger partial charge >= 0.3 is 0 Å². The fourth-order valence-electron chi connectivity index (χ4n) is 7.80. The number of nitrogens with zero attached hydrogens (tertiary/aromatic N) is 1. The minimum absolute atomic E-state index is 0.00241. The van der Waals surface area contributed by atoms with Crippen LogP contribution in [0.2, 0.25) is 0 Å². The van der Waals surface area contributed by atoms with Crippen LogP contribution < -0.4 is 0 Å². The largest absolute Gasteiger partial charge is 0.393 e. The normalized spacial score (nSPS) is 36.8. The molecule has 0 radical (unpaired) electrons. The first-order valence-electron chi connectivity index (χ1n) is 13.1. The molecule has 1 aromatic rings. The minimum atomic E-state index is -0.193. The van der Waals surface area contributed by atoms with E-state index >= 15 is 0 Å². The molecule has 2 saturated carbocycles. The Kier molecular flexibility index (Phi) is 5.59. The van der Waals surface area contributed by atoms with Crippen molar-refractivity contribution < 1.29 is 14.6 Å². The van der Waals surface area contributed by atoms with Crippen LogP contribution in [0, 0.1) is 17.3 Å². The number of aliphatic hydroxyl groups is 1. The van der Waals surface area contributed by atoms with Crippen LogP contribution in [0.3, 0.4) is 0 Å². The lowest BCUT2D eigenvalue weighted by molar-refractivity contribution is -0.114. The molecule has 1 aliphatic heterocycles. The fourth-order valence-corrected chi connectivity index (χ4v) is 7.80. The molecule has 5 atom stereocenters. The maximum absolute atomic E-state index is 12.2. The Morgan fingerprint density at radius 3 is 2.64 bits per heavy atom. The van der Waals surface area contributed by atoms with Gasteiger partial charge in [-0.3, -0.25) is 9.69 Å². The van der Waals surface area contributed by atoms with Crippen molar-refractivity contribution in [2.45, 2.75) is 70.4 Å². The summed E-state index contributed by atoms with van der Waals surface area (Å²) in [6.45, 7) is 7.02. The second-order valence-corrected chi connectivity index (χ2v) is 11.3. The number of hydrogen-bond donors (Lipinski definition) is 1. The Hall–Kier alpha value is -1.75. The van der Waals surface area contributed by atoms with Crippen LogP contribution in [-0.2, 0) is 16.1 Å². The molecule has 0 spiro atoms. The number of aliphatic hydroxyl groups excluding tert-OH is 1. The first-order valence-corrected chi connectivity index (χ1v) is 13.1. The van der Waals surface area contributed by atoms with E-state index in [1.807, 2.05) is 6.08 Å². The molecule has 3 fully saturated rings. The summed E-state index contributed by atoms with van der Waals surface area (Å²) in [7, 11) is 0. The van der Waals surface area contributed by atoms with Crippen molar-refractivity contribution in [1.82, 2.24) is 4.90 Å². The quantitative estimate of drug-likeness (QED) is 0.725. The maximum Gasteiger partial charge on any atom is 0.156 e. The average molecular weight is 448 g/mol. The fraction of sp³-hybridized carbons (Fsp3) is 0.621. The van der Waals surface area contributed by atoms with E-state index in [9.17, 15) is 9.90 Å². The molecule has 1 N–H and O–H groups in total. The molecule has 0 aromatic heterocycles. The molecule has 1 saturated heterocycles. The molecule has 33 heavy (non-hydrogen) atoms. The molecule has 0 bridgehead atoms. The predicted octanol–water partition coefficient (Wildman–Crippen LogP) is 4.78. The van der Waals surface area contributed by atoms with E-state index in [1.54, 1.807) is 5.57 Å². The lowest BCUT2D eigenvalue weighted by atomic mass is 9.53. The van der Waals surface area contributed by atoms with Crippen molar-refractivity contribution in [2.75, 3.05) is 26.3 Å². The molecular formula is C29H37NO3. The minimum Gasteiger partial charge on any atom is -0.393 e. The topological polar surface area (TPSA) is 49.8 Å². The Morgan fingerprint density at radius 1 is 1.06 bits per heavy atom. The highest BCUT2D eigenvalue weighted by atomic mass is 16.5. The number of ketones is 1. The lowest BCUT2D eigenvalue weighted by Gasteiger charge is -2.52. The van der Waals surface area contributed by atoms with E-state index in [0.29, 0.717) is 30.0 Å². The van der Waals surface area contributed by atoms with Gasteiger partial charge in [0.15, 0.2) is 5.78 Å². The van der Waals surface area contributed by atoms with Crippen molar-refractivity contribution in [3.63, 3.8) is 0 Å². The molecule has 6 rings (SSSR count). The molecule has 1 heterocycles. The molecule has 4 nitrogen and oxygen atoms in total. The summed E-state index contributed by atoms with van der Waals surface area (Å²) in [6, 6.07) is 9.33. The molecule has 0 amide bonds. The molecule has 4 aliphatic carbocycles. The summed E-state index contributed by atoms with van der Waals surface area (Å²) in [5.74, 6) is 1.78. The van der Waals surface area contributed by atoms with Gasteiger partial charge < -0.3 is 9.84 Å². The lowest BCUT2D eigenvalue weighted by Crippen LogP contribution is -2.45. The third kappa shape index (κ3) is 3.75. The van der Waals surface area contributed by atoms with Gasteiger partial charge in [0, 0.05) is 32.0 Å². The zero-order valence-corrected chi connectivity index (χ0v) is 19.9. The molecular weight excluding hydrogens is 410 g/mol. The van der Waals surface area contributed by atoms with Gasteiger partial charge in [0.05, 0.1) is 19.3 Å². The number of carbonyl (C=O) groups is 1. The smallest absolute Gasteiger partial charge is 0.156 e. The Labute approximate surface area is 197 Å². The van der Waals surface area contributed by atoms with Crippen LogP contribution in [0.25, 0.3) is 0 Å². The van der Waals surface area contributed by atoms with Crippen molar-refractivity contribution in [1.29, 1.82) is 0 Å². The average Bonchev–Trinajstić information content (AvgIpc) is 3.13. The number of morpholine rings is 1. The molecule has 5 aliphatic rings. The van der Waals surface area contributed by atoms with E-state index in [0.717, 1.165) is 71.4 Å². The summed E-state index contributed by atoms with van der Waals surface area (Å²) < 4.78 is 5.50. The van der Waals surface area contributed by atoms with Crippen LogP contribution in [0.4, 0.5) is 0 Å². The van der Waals surface area contributed by atoms with Crippen LogP contribution >= 0.6 is 0 Å². The number of rotatable bonds is 3. The zero-order valence-electron chi connectivity index (χ0n) is 19.9. The number of hydrogen-bond acceptors (Lipinski definition) is 4. The number of carbonyl (C=O) groups excluding carboxylic acids is 1. The number of allylic oxidation sites excluding steroid dienone is 4. The Balaban J connectivity index is 1.36. The Bertz CT molecular complexity index is 987. The van der Waals surface area contributed by atoms with Gasteiger partial charge in [-0.2, -0.15) is 0 Å². The molecule has 1 aromatic carbocycles. The first-order chi connectivity index (χ1) is 16.0. The number of fused-ring (bicyclic) bond motifs is 4. The van der Waals surface area contributed by atoms with Gasteiger partial charge in [-0.05, 0) is 84.1 Å². The van der Waals surface area contributed by atoms with Crippen LogP contribution in [-0.4, -0.2) is 48.2 Å². The monoisotopic (exact) mass is 447 g/mol. The van der Waals surface area contributed by atoms with Crippen molar-refractivity contribution in [3.8, 4) is 0 Å². The van der Waals surface area contributed by atoms with Gasteiger partial charge in [0.2, 0.25) is 0 Å². The third-order valence-corrected chi connectivity index (χ3v) is 9.57. The summed E-state index contributed by atoms with van der Waals surface area (Å²) in [4.78, 5) is 14.6. The van der Waals surface area contributed by atoms with Crippen LogP contribution in [0.5, 0.6) is 0 Å². The third-order valence-electron chi connectivity index (χ3n) is 9.57. The van der Waals surface area contributed by atoms with E-state index in [1.165, 1.54) is 22.3 Å². The maximum atomic E-state index is 12.2. The second kappa shape index (κ2) is 8.48. The first kappa shape index (κ1) is 21.8. The molecule has 4 heteroatoms. The summed E-state index contributed by atoms with van der Waals surface area (Å²) in [6.07, 6.45) is 8.59. The predicted molar refractivity (Wildman–Crippen MR) is 129 cm³/mol. The summed E-state index contributed by atoms with van der Waals surface area (Å²) >= 11 is 0. The van der Waals surface area contributed by atoms with Crippen molar-refractivity contribution in [3.05, 3.63) is 58.2 Å². The highest BCUT2D eigenvalue weighted by Gasteiger charge is 2.56. The van der Waals surface area contributed by atoms with Crippen molar-refractivity contribution >= 4 is 5.78 Å². The van der Waals surface area contributed by atoms with E-state index < -0.39 is 0 Å². The summed E-state index contributed by atoms with van der Waals surface area (Å²) in [5.41, 5.74) is 7.19. The number of ether oxygens (including phenoxy) is 1. The van der Waals surface area contributed by atoms with Gasteiger partial charge in [-0.1, -0.05) is 36.8 Å². The zero-order chi connectivity index (χ0) is 22.6. The van der Waals surface area contributed by atoms with E-state index in [4.69, 9.17) is 4.74 Å². The highest BCUT2D eigenvalue weighted by Crippen LogP contribution is 2.63.